The Kier molecular flexibility index (Phi) is 7.32. The molecule has 1 fully saturated rings. The summed E-state index contributed by atoms with van der Waals surface area (Å²) in [6.07, 6.45) is 1.25. The molecule has 3 aromatic rings. The van der Waals surface area contributed by atoms with Gasteiger partial charge >= 0.3 is 5.69 Å². The Morgan fingerprint density at radius 1 is 1.06 bits per heavy atom. The number of aromatic nitrogens is 2. The van der Waals surface area contributed by atoms with Gasteiger partial charge in [0.05, 0.1) is 12.2 Å². The number of hydrogen-bond acceptors (Lipinski definition) is 4. The van der Waals surface area contributed by atoms with E-state index in [1.54, 1.807) is 13.1 Å². The number of halogens is 1. The van der Waals surface area contributed by atoms with Crippen molar-refractivity contribution >= 4 is 41.3 Å². The molecular weight excluding hydrogens is 559 g/mol. The van der Waals surface area contributed by atoms with Crippen molar-refractivity contribution in [3.63, 3.8) is 0 Å². The van der Waals surface area contributed by atoms with E-state index in [4.69, 9.17) is 9.16 Å². The van der Waals surface area contributed by atoms with E-state index in [1.807, 2.05) is 12.1 Å². The van der Waals surface area contributed by atoms with Crippen LogP contribution in [0.2, 0.25) is 5.04 Å². The summed E-state index contributed by atoms with van der Waals surface area (Å²) in [5.74, 6) is 0. The lowest BCUT2D eigenvalue weighted by Gasteiger charge is -2.45. The molecule has 1 aliphatic heterocycles. The van der Waals surface area contributed by atoms with Crippen LogP contribution in [-0.4, -0.2) is 34.5 Å². The van der Waals surface area contributed by atoms with E-state index < -0.39 is 20.2 Å². The van der Waals surface area contributed by atoms with Crippen molar-refractivity contribution in [1.82, 2.24) is 9.55 Å². The summed E-state index contributed by atoms with van der Waals surface area (Å²) >= 11 is 2.32. The number of ether oxygens (including phenoxy) is 1. The summed E-state index contributed by atoms with van der Waals surface area (Å²) < 4.78 is 15.9. The largest absolute Gasteiger partial charge is 0.402 e. The Labute approximate surface area is 214 Å². The lowest BCUT2D eigenvalue weighted by atomic mass is 10.2. The third-order valence-corrected chi connectivity index (χ3v) is 12.5. The number of alkyl halides is 1. The predicted octanol–water partition coefficient (Wildman–Crippen LogP) is 3.51. The van der Waals surface area contributed by atoms with Gasteiger partial charge in [0, 0.05) is 22.6 Å². The number of aromatic amines is 1. The van der Waals surface area contributed by atoms with Gasteiger partial charge in [0.25, 0.3) is 13.9 Å². The molecule has 0 amide bonds. The van der Waals surface area contributed by atoms with Gasteiger partial charge < -0.3 is 9.16 Å². The van der Waals surface area contributed by atoms with Crippen molar-refractivity contribution in [2.75, 3.05) is 4.43 Å². The minimum absolute atomic E-state index is 0.158. The molecule has 1 aromatic heterocycles. The lowest BCUT2D eigenvalue weighted by molar-refractivity contribution is -0.00392. The van der Waals surface area contributed by atoms with Gasteiger partial charge in [-0.05, 0) is 22.3 Å². The van der Waals surface area contributed by atoms with Gasteiger partial charge in [-0.15, -0.1) is 0 Å². The predicted molar refractivity (Wildman–Crippen MR) is 146 cm³/mol. The number of H-pyrrole nitrogens is 1. The van der Waals surface area contributed by atoms with Crippen LogP contribution in [0.15, 0.2) is 76.4 Å². The number of benzene rings is 2. The smallest absolute Gasteiger partial charge is 0.330 e. The van der Waals surface area contributed by atoms with Crippen molar-refractivity contribution in [1.29, 1.82) is 0 Å². The molecule has 2 heterocycles. The average Bonchev–Trinajstić information content (AvgIpc) is 3.22. The summed E-state index contributed by atoms with van der Waals surface area (Å²) in [6.45, 7) is 8.44. The van der Waals surface area contributed by atoms with Gasteiger partial charge in [0.1, 0.15) is 6.23 Å². The molecule has 180 valence electrons. The highest BCUT2D eigenvalue weighted by atomic mass is 127. The SMILES string of the molecule is Cc1cn([C@H]2CC(O[Si](c3ccccc3)(c3ccccc3)C(C)(C)C)[C@@H](CI)O2)c(=O)[nH]c1=O. The maximum Gasteiger partial charge on any atom is 0.330 e. The van der Waals surface area contributed by atoms with Crippen molar-refractivity contribution in [3.8, 4) is 0 Å². The van der Waals surface area contributed by atoms with Crippen LogP contribution in [0.5, 0.6) is 0 Å². The molecule has 3 atom stereocenters. The van der Waals surface area contributed by atoms with E-state index in [-0.39, 0.29) is 22.8 Å². The Hall–Kier alpha value is -2.01. The van der Waals surface area contributed by atoms with Crippen molar-refractivity contribution in [2.24, 2.45) is 0 Å². The van der Waals surface area contributed by atoms with E-state index in [0.29, 0.717) is 12.0 Å². The molecule has 4 rings (SSSR count). The molecule has 2 aromatic carbocycles. The summed E-state index contributed by atoms with van der Waals surface area (Å²) in [6, 6.07) is 21.0. The fraction of sp³-hybridized carbons (Fsp3) is 0.385. The van der Waals surface area contributed by atoms with Crippen LogP contribution in [0.1, 0.15) is 39.0 Å². The number of rotatable bonds is 6. The highest BCUT2D eigenvalue weighted by molar-refractivity contribution is 14.1. The van der Waals surface area contributed by atoms with E-state index >= 15 is 0 Å². The molecule has 0 aliphatic carbocycles. The molecule has 1 unspecified atom stereocenters. The zero-order chi connectivity index (χ0) is 24.5. The molecule has 0 radical (unpaired) electrons. The Morgan fingerprint density at radius 3 is 2.12 bits per heavy atom. The van der Waals surface area contributed by atoms with Crippen LogP contribution < -0.4 is 21.6 Å². The first kappa shape index (κ1) is 25.1. The van der Waals surface area contributed by atoms with Gasteiger partial charge in [-0.1, -0.05) is 104 Å². The van der Waals surface area contributed by atoms with Gasteiger partial charge in [0.2, 0.25) is 0 Å². The Morgan fingerprint density at radius 2 is 1.62 bits per heavy atom. The third kappa shape index (κ3) is 4.60. The average molecular weight is 591 g/mol. The van der Waals surface area contributed by atoms with Gasteiger partial charge in [-0.2, -0.15) is 0 Å². The summed E-state index contributed by atoms with van der Waals surface area (Å²) in [4.78, 5) is 26.8. The molecular formula is C26H31IN2O4Si. The second-order valence-electron chi connectivity index (χ2n) is 9.82. The van der Waals surface area contributed by atoms with Crippen LogP contribution in [0.4, 0.5) is 0 Å². The second-order valence-corrected chi connectivity index (χ2v) is 15.0. The molecule has 1 aliphatic rings. The van der Waals surface area contributed by atoms with Crippen molar-refractivity contribution in [2.45, 2.75) is 57.6 Å². The molecule has 8 heteroatoms. The highest BCUT2D eigenvalue weighted by Crippen LogP contribution is 2.41. The molecule has 1 N–H and O–H groups in total. The second kappa shape index (κ2) is 9.92. The molecule has 34 heavy (non-hydrogen) atoms. The first-order valence-corrected chi connectivity index (χ1v) is 14.9. The van der Waals surface area contributed by atoms with E-state index in [2.05, 4.69) is 96.9 Å². The quantitative estimate of drug-likeness (QED) is 0.271. The first-order chi connectivity index (χ1) is 16.2. The maximum absolute atomic E-state index is 12.6. The van der Waals surface area contributed by atoms with E-state index in [0.717, 1.165) is 4.43 Å². The lowest BCUT2D eigenvalue weighted by Crippen LogP contribution is -2.68. The molecule has 0 bridgehead atoms. The zero-order valence-corrected chi connectivity index (χ0v) is 23.1. The topological polar surface area (TPSA) is 73.3 Å². The van der Waals surface area contributed by atoms with Crippen LogP contribution in [0.3, 0.4) is 0 Å². The van der Waals surface area contributed by atoms with E-state index in [9.17, 15) is 9.59 Å². The maximum atomic E-state index is 12.6. The molecule has 0 saturated carbocycles. The highest BCUT2D eigenvalue weighted by Gasteiger charge is 2.53. The number of nitrogens with one attached hydrogen (secondary N) is 1. The summed E-state index contributed by atoms with van der Waals surface area (Å²) in [5.41, 5.74) is -0.353. The minimum Gasteiger partial charge on any atom is -0.402 e. The number of nitrogens with zero attached hydrogens (tertiary/aromatic N) is 1. The van der Waals surface area contributed by atoms with Crippen LogP contribution in [0.25, 0.3) is 0 Å². The molecule has 0 spiro atoms. The van der Waals surface area contributed by atoms with Crippen LogP contribution in [0, 0.1) is 6.92 Å². The fourth-order valence-corrected chi connectivity index (χ4v) is 10.3. The summed E-state index contributed by atoms with van der Waals surface area (Å²) in [7, 11) is -2.76. The van der Waals surface area contributed by atoms with Crippen molar-refractivity contribution < 1.29 is 9.16 Å². The number of hydrogen-bond donors (Lipinski definition) is 1. The third-order valence-electron chi connectivity index (χ3n) is 6.53. The van der Waals surface area contributed by atoms with Crippen molar-refractivity contribution in [3.05, 3.63) is 93.3 Å². The zero-order valence-electron chi connectivity index (χ0n) is 20.0. The van der Waals surface area contributed by atoms with Crippen LogP contribution in [-0.2, 0) is 9.16 Å². The molecule has 1 saturated heterocycles. The fourth-order valence-electron chi connectivity index (χ4n) is 4.85. The van der Waals surface area contributed by atoms with Gasteiger partial charge in [-0.25, -0.2) is 4.79 Å². The van der Waals surface area contributed by atoms with Gasteiger partial charge in [0.15, 0.2) is 0 Å². The standard InChI is InChI=1S/C26H31IN2O4Si/c1-18-17-29(25(31)28-24(18)30)23-15-21(22(16-27)32-23)33-34(26(2,3)4,19-11-7-5-8-12-19)20-13-9-6-10-14-20/h5-14,17,21-23H,15-16H2,1-4H3,(H,28,30,31)/t21?,22-,23-/m1/s1. The first-order valence-electron chi connectivity index (χ1n) is 11.5. The van der Waals surface area contributed by atoms with E-state index in [1.165, 1.54) is 14.9 Å². The molecule has 6 nitrogen and oxygen atoms in total. The monoisotopic (exact) mass is 590 g/mol. The van der Waals surface area contributed by atoms with Crippen LogP contribution >= 0.6 is 22.6 Å². The summed E-state index contributed by atoms with van der Waals surface area (Å²) in [5, 5.41) is 2.26. The Balaban J connectivity index is 1.79. The van der Waals surface area contributed by atoms with Gasteiger partial charge in [-0.3, -0.25) is 14.3 Å². The number of aryl methyl sites for hydroxylation is 1. The Bertz CT molecular complexity index is 1200. The normalized spacial score (nSPS) is 21.0. The minimum atomic E-state index is -2.76.